The molecule has 0 aromatic carbocycles. The average molecular weight is 476 g/mol. The number of rotatable bonds is 4. The third kappa shape index (κ3) is 3.77. The molecule has 6 heterocycles. The van der Waals surface area contributed by atoms with E-state index in [-0.39, 0.29) is 11.9 Å². The lowest BCUT2D eigenvalue weighted by molar-refractivity contribution is 0.0599. The van der Waals surface area contributed by atoms with Gasteiger partial charge in [-0.05, 0) is 56.0 Å². The zero-order valence-electron chi connectivity index (χ0n) is 19.6. The summed E-state index contributed by atoms with van der Waals surface area (Å²) in [5.74, 6) is 1.70. The van der Waals surface area contributed by atoms with Crippen LogP contribution >= 0.6 is 11.3 Å². The van der Waals surface area contributed by atoms with Gasteiger partial charge >= 0.3 is 0 Å². The number of amides is 1. The lowest BCUT2D eigenvalue weighted by Gasteiger charge is -2.34. The minimum Gasteiger partial charge on any atom is -0.356 e. The van der Waals surface area contributed by atoms with Crippen molar-refractivity contribution >= 4 is 28.7 Å². The van der Waals surface area contributed by atoms with Crippen LogP contribution in [0, 0.1) is 12.8 Å². The van der Waals surface area contributed by atoms with Crippen LogP contribution in [0.4, 0.5) is 5.82 Å². The SMILES string of the molecule is Cc1cn2nc([C@@H]3CCCCN3C(=O)c3cc(-c4cccs4)[nH]n3)cc2nc1N1CC[C@H](C)C1. The maximum absolute atomic E-state index is 13.5. The summed E-state index contributed by atoms with van der Waals surface area (Å²) in [6, 6.07) is 7.87. The topological polar surface area (TPSA) is 82.4 Å². The molecule has 0 spiro atoms. The van der Waals surface area contributed by atoms with Crippen LogP contribution in [0.1, 0.15) is 60.4 Å². The fourth-order valence-electron chi connectivity index (χ4n) is 5.25. The second-order valence-corrected chi connectivity index (χ2v) is 10.6. The Balaban J connectivity index is 1.29. The Bertz CT molecular complexity index is 1320. The van der Waals surface area contributed by atoms with Crippen molar-refractivity contribution in [3.8, 4) is 10.6 Å². The third-order valence-electron chi connectivity index (χ3n) is 7.04. The summed E-state index contributed by atoms with van der Waals surface area (Å²) in [6.45, 7) is 7.21. The van der Waals surface area contributed by atoms with Crippen LogP contribution in [0.3, 0.4) is 0 Å². The standard InChI is InChI=1S/C25H29N7OS/c1-16-8-10-30(14-16)24-17(2)15-32-23(26-24)13-18(29-32)21-6-3-4-9-31(21)25(33)20-12-19(27-28-20)22-7-5-11-34-22/h5,7,11-13,15-16,21H,3-4,6,8-10,14H2,1-2H3,(H,27,28)/t16-,21-/m0/s1. The monoisotopic (exact) mass is 475 g/mol. The molecule has 4 aromatic heterocycles. The maximum Gasteiger partial charge on any atom is 0.274 e. The van der Waals surface area contributed by atoms with Crippen LogP contribution in [0.25, 0.3) is 16.2 Å². The number of fused-ring (bicyclic) bond motifs is 1. The number of H-pyrrole nitrogens is 1. The van der Waals surface area contributed by atoms with Gasteiger partial charge in [0, 0.05) is 37.5 Å². The fraction of sp³-hybridized carbons (Fsp3) is 0.440. The number of carbonyl (C=O) groups is 1. The molecule has 34 heavy (non-hydrogen) atoms. The Kier molecular flexibility index (Phi) is 5.36. The van der Waals surface area contributed by atoms with E-state index in [9.17, 15) is 4.79 Å². The van der Waals surface area contributed by atoms with Crippen molar-refractivity contribution in [2.24, 2.45) is 5.92 Å². The predicted octanol–water partition coefficient (Wildman–Crippen LogP) is 4.70. The minimum atomic E-state index is -0.0691. The molecule has 0 bridgehead atoms. The van der Waals surface area contributed by atoms with Gasteiger partial charge in [-0.3, -0.25) is 9.89 Å². The number of thiophene rings is 1. The Morgan fingerprint density at radius 3 is 2.91 bits per heavy atom. The van der Waals surface area contributed by atoms with Gasteiger partial charge in [0.05, 0.1) is 22.3 Å². The molecule has 176 valence electrons. The number of piperidine rings is 1. The summed E-state index contributed by atoms with van der Waals surface area (Å²) >= 11 is 1.63. The molecule has 6 rings (SSSR count). The number of hydrogen-bond acceptors (Lipinski definition) is 6. The third-order valence-corrected chi connectivity index (χ3v) is 7.94. The first-order valence-electron chi connectivity index (χ1n) is 12.1. The Hall–Kier alpha value is -3.20. The number of nitrogens with zero attached hydrogens (tertiary/aromatic N) is 6. The van der Waals surface area contributed by atoms with E-state index in [0.29, 0.717) is 18.2 Å². The average Bonchev–Trinajstić information content (AvgIpc) is 3.64. The summed E-state index contributed by atoms with van der Waals surface area (Å²) in [7, 11) is 0. The molecule has 0 unspecified atom stereocenters. The van der Waals surface area contributed by atoms with Crippen molar-refractivity contribution < 1.29 is 4.79 Å². The molecule has 8 nitrogen and oxygen atoms in total. The quantitative estimate of drug-likeness (QED) is 0.463. The Morgan fingerprint density at radius 1 is 1.21 bits per heavy atom. The number of nitrogens with one attached hydrogen (secondary N) is 1. The number of aromatic nitrogens is 5. The Morgan fingerprint density at radius 2 is 2.12 bits per heavy atom. The molecule has 2 atom stereocenters. The molecule has 0 radical (unpaired) electrons. The highest BCUT2D eigenvalue weighted by Gasteiger charge is 2.32. The van der Waals surface area contributed by atoms with E-state index < -0.39 is 0 Å². The first-order valence-corrected chi connectivity index (χ1v) is 13.0. The van der Waals surface area contributed by atoms with Crippen molar-refractivity contribution in [2.45, 2.75) is 45.6 Å². The van der Waals surface area contributed by atoms with E-state index in [1.54, 1.807) is 11.3 Å². The number of aromatic amines is 1. The van der Waals surface area contributed by atoms with Gasteiger partial charge in [-0.15, -0.1) is 11.3 Å². The summed E-state index contributed by atoms with van der Waals surface area (Å²) in [6.07, 6.45) is 6.24. The van der Waals surface area contributed by atoms with Gasteiger partial charge in [-0.25, -0.2) is 9.50 Å². The van der Waals surface area contributed by atoms with Crippen molar-refractivity contribution in [3.63, 3.8) is 0 Å². The fourth-order valence-corrected chi connectivity index (χ4v) is 5.94. The van der Waals surface area contributed by atoms with E-state index in [0.717, 1.165) is 65.6 Å². The molecule has 0 saturated carbocycles. The van der Waals surface area contributed by atoms with Crippen LogP contribution in [0.2, 0.25) is 0 Å². The molecule has 1 amide bonds. The molecule has 2 aliphatic rings. The number of carbonyl (C=O) groups excluding carboxylic acids is 1. The summed E-state index contributed by atoms with van der Waals surface area (Å²) in [5, 5.41) is 14.3. The molecule has 9 heteroatoms. The lowest BCUT2D eigenvalue weighted by Crippen LogP contribution is -2.38. The molecule has 2 aliphatic heterocycles. The highest BCUT2D eigenvalue weighted by atomic mass is 32.1. The van der Waals surface area contributed by atoms with Crippen LogP contribution in [0.5, 0.6) is 0 Å². The molecular formula is C25H29N7OS. The predicted molar refractivity (Wildman–Crippen MR) is 133 cm³/mol. The zero-order chi connectivity index (χ0) is 23.2. The number of hydrogen-bond donors (Lipinski definition) is 1. The lowest BCUT2D eigenvalue weighted by atomic mass is 9.99. The normalized spacial score (nSPS) is 21.0. The van der Waals surface area contributed by atoms with Gasteiger partial charge in [0.25, 0.3) is 5.91 Å². The maximum atomic E-state index is 13.5. The molecule has 1 N–H and O–H groups in total. The minimum absolute atomic E-state index is 0.0447. The molecule has 2 fully saturated rings. The second kappa shape index (κ2) is 8.54. The van der Waals surface area contributed by atoms with Gasteiger partial charge in [0.15, 0.2) is 11.3 Å². The van der Waals surface area contributed by atoms with Crippen LogP contribution in [-0.4, -0.2) is 55.2 Å². The van der Waals surface area contributed by atoms with Crippen LogP contribution in [0.15, 0.2) is 35.8 Å². The number of likely N-dealkylation sites (tertiary alicyclic amines) is 1. The molecule has 0 aliphatic carbocycles. The molecule has 2 saturated heterocycles. The second-order valence-electron chi connectivity index (χ2n) is 9.61. The van der Waals surface area contributed by atoms with Gasteiger partial charge in [0.1, 0.15) is 5.82 Å². The summed E-state index contributed by atoms with van der Waals surface area (Å²) < 4.78 is 1.87. The largest absolute Gasteiger partial charge is 0.356 e. The van der Waals surface area contributed by atoms with Gasteiger partial charge in [-0.1, -0.05) is 13.0 Å². The number of anilines is 1. The highest BCUT2D eigenvalue weighted by molar-refractivity contribution is 7.13. The van der Waals surface area contributed by atoms with Gasteiger partial charge < -0.3 is 9.80 Å². The summed E-state index contributed by atoms with van der Waals surface area (Å²) in [4.78, 5) is 23.9. The van der Waals surface area contributed by atoms with Crippen molar-refractivity contribution in [1.29, 1.82) is 0 Å². The van der Waals surface area contributed by atoms with E-state index >= 15 is 0 Å². The van der Waals surface area contributed by atoms with E-state index in [2.05, 4.69) is 41.2 Å². The molecular weight excluding hydrogens is 446 g/mol. The van der Waals surface area contributed by atoms with E-state index in [4.69, 9.17) is 10.1 Å². The molecule has 4 aromatic rings. The van der Waals surface area contributed by atoms with Crippen molar-refractivity contribution in [1.82, 2.24) is 29.7 Å². The smallest absolute Gasteiger partial charge is 0.274 e. The number of aryl methyl sites for hydroxylation is 1. The first kappa shape index (κ1) is 21.3. The van der Waals surface area contributed by atoms with Gasteiger partial charge in [0.2, 0.25) is 0 Å². The van der Waals surface area contributed by atoms with Crippen molar-refractivity contribution in [3.05, 3.63) is 52.8 Å². The Labute approximate surface area is 202 Å². The van der Waals surface area contributed by atoms with E-state index in [1.165, 1.54) is 6.42 Å². The van der Waals surface area contributed by atoms with E-state index in [1.807, 2.05) is 33.0 Å². The highest BCUT2D eigenvalue weighted by Crippen LogP contribution is 2.33. The van der Waals surface area contributed by atoms with Crippen molar-refractivity contribution in [2.75, 3.05) is 24.5 Å². The van der Waals surface area contributed by atoms with Gasteiger partial charge in [-0.2, -0.15) is 10.2 Å². The zero-order valence-corrected chi connectivity index (χ0v) is 20.4. The first-order chi connectivity index (χ1) is 16.6. The summed E-state index contributed by atoms with van der Waals surface area (Å²) in [5.41, 5.74) is 4.21. The van der Waals surface area contributed by atoms with Crippen LogP contribution < -0.4 is 4.90 Å². The van der Waals surface area contributed by atoms with Crippen LogP contribution in [-0.2, 0) is 0 Å².